The summed E-state index contributed by atoms with van der Waals surface area (Å²) in [6.45, 7) is 4.14. The molecule has 16 heavy (non-hydrogen) atoms. The molecule has 0 saturated carbocycles. The summed E-state index contributed by atoms with van der Waals surface area (Å²) in [7, 11) is -3.47. The molecule has 0 atom stereocenters. The zero-order valence-corrected chi connectivity index (χ0v) is 10.3. The third kappa shape index (κ3) is 3.71. The summed E-state index contributed by atoms with van der Waals surface area (Å²) in [6, 6.07) is 5.00. The monoisotopic (exact) mass is 243 g/mol. The minimum absolute atomic E-state index is 0.420. The fourth-order valence-corrected chi connectivity index (χ4v) is 2.15. The van der Waals surface area contributed by atoms with E-state index >= 15 is 0 Å². The maximum atomic E-state index is 11.5. The van der Waals surface area contributed by atoms with Crippen LogP contribution in [0.5, 0.6) is 0 Å². The summed E-state index contributed by atoms with van der Waals surface area (Å²) in [5, 5.41) is 0. The van der Waals surface area contributed by atoms with Crippen molar-refractivity contribution in [2.75, 3.05) is 17.0 Å². The van der Waals surface area contributed by atoms with Gasteiger partial charge in [0.25, 0.3) is 10.2 Å². The Bertz CT molecular complexity index is 457. The zero-order chi connectivity index (χ0) is 12.2. The average Bonchev–Trinajstić information content (AvgIpc) is 2.20. The van der Waals surface area contributed by atoms with Gasteiger partial charge in [0.15, 0.2) is 0 Å². The summed E-state index contributed by atoms with van der Waals surface area (Å²) >= 11 is 0. The number of rotatable bonds is 5. The van der Waals surface area contributed by atoms with Crippen LogP contribution in [0, 0.1) is 6.92 Å². The molecule has 0 aromatic heterocycles. The summed E-state index contributed by atoms with van der Waals surface area (Å²) in [6.07, 6.45) is 0.752. The molecule has 0 fully saturated rings. The highest BCUT2D eigenvalue weighted by Gasteiger charge is 2.08. The minimum Gasteiger partial charge on any atom is -0.399 e. The van der Waals surface area contributed by atoms with Crippen molar-refractivity contribution in [2.24, 2.45) is 0 Å². The highest BCUT2D eigenvalue weighted by molar-refractivity contribution is 7.90. The molecule has 0 aliphatic rings. The summed E-state index contributed by atoms with van der Waals surface area (Å²) in [5.41, 5.74) is 7.64. The third-order valence-electron chi connectivity index (χ3n) is 2.06. The molecule has 0 aliphatic heterocycles. The number of hydrogen-bond acceptors (Lipinski definition) is 3. The van der Waals surface area contributed by atoms with E-state index in [2.05, 4.69) is 9.44 Å². The first-order valence-electron chi connectivity index (χ1n) is 5.08. The first-order valence-corrected chi connectivity index (χ1v) is 6.56. The predicted molar refractivity (Wildman–Crippen MR) is 66.4 cm³/mol. The SMILES string of the molecule is CCCNS(=O)(=O)Nc1ccc(N)c(C)c1. The summed E-state index contributed by atoms with van der Waals surface area (Å²) in [5.74, 6) is 0. The maximum absolute atomic E-state index is 11.5. The van der Waals surface area contributed by atoms with Gasteiger partial charge in [-0.2, -0.15) is 13.1 Å². The van der Waals surface area contributed by atoms with E-state index in [9.17, 15) is 8.42 Å². The lowest BCUT2D eigenvalue weighted by Crippen LogP contribution is -2.30. The normalized spacial score (nSPS) is 11.4. The van der Waals surface area contributed by atoms with Crippen LogP contribution >= 0.6 is 0 Å². The lowest BCUT2D eigenvalue weighted by Gasteiger charge is -2.09. The maximum Gasteiger partial charge on any atom is 0.299 e. The number of nitrogens with one attached hydrogen (secondary N) is 2. The minimum atomic E-state index is -3.47. The standard InChI is InChI=1S/C10H17N3O2S/c1-3-6-12-16(14,15)13-9-4-5-10(11)8(2)7-9/h4-5,7,12-13H,3,6,11H2,1-2H3. The van der Waals surface area contributed by atoms with Crippen LogP contribution in [-0.2, 0) is 10.2 Å². The number of nitrogens with two attached hydrogens (primary N) is 1. The molecule has 1 aromatic carbocycles. The molecule has 4 N–H and O–H groups in total. The molecule has 0 heterocycles. The van der Waals surface area contributed by atoms with E-state index in [1.807, 2.05) is 13.8 Å². The van der Waals surface area contributed by atoms with Gasteiger partial charge in [-0.3, -0.25) is 4.72 Å². The second kappa shape index (κ2) is 5.18. The van der Waals surface area contributed by atoms with Crippen LogP contribution < -0.4 is 15.2 Å². The molecular formula is C10H17N3O2S. The van der Waals surface area contributed by atoms with Crippen molar-refractivity contribution >= 4 is 21.6 Å². The number of aryl methyl sites for hydroxylation is 1. The zero-order valence-electron chi connectivity index (χ0n) is 9.45. The number of hydrogen-bond donors (Lipinski definition) is 3. The van der Waals surface area contributed by atoms with E-state index in [1.165, 1.54) is 0 Å². The lowest BCUT2D eigenvalue weighted by atomic mass is 10.2. The van der Waals surface area contributed by atoms with E-state index in [0.29, 0.717) is 17.9 Å². The first kappa shape index (κ1) is 12.8. The Balaban J connectivity index is 2.76. The Morgan fingerprint density at radius 1 is 1.38 bits per heavy atom. The van der Waals surface area contributed by atoms with Gasteiger partial charge in [0, 0.05) is 12.2 Å². The van der Waals surface area contributed by atoms with Gasteiger partial charge in [0.05, 0.1) is 5.69 Å². The van der Waals surface area contributed by atoms with Crippen molar-refractivity contribution in [1.82, 2.24) is 4.72 Å². The van der Waals surface area contributed by atoms with Gasteiger partial charge < -0.3 is 5.73 Å². The Morgan fingerprint density at radius 3 is 2.62 bits per heavy atom. The van der Waals surface area contributed by atoms with Gasteiger partial charge in [-0.05, 0) is 37.1 Å². The Labute approximate surface area is 96.2 Å². The van der Waals surface area contributed by atoms with Crippen LogP contribution in [0.1, 0.15) is 18.9 Å². The van der Waals surface area contributed by atoms with E-state index in [-0.39, 0.29) is 0 Å². The number of anilines is 2. The van der Waals surface area contributed by atoms with Crippen molar-refractivity contribution < 1.29 is 8.42 Å². The quantitative estimate of drug-likeness (QED) is 0.680. The first-order chi connectivity index (χ1) is 7.44. The van der Waals surface area contributed by atoms with Gasteiger partial charge in [-0.25, -0.2) is 0 Å². The van der Waals surface area contributed by atoms with Crippen molar-refractivity contribution in [3.63, 3.8) is 0 Å². The van der Waals surface area contributed by atoms with Gasteiger partial charge in [-0.1, -0.05) is 6.92 Å². The number of nitrogen functional groups attached to an aromatic ring is 1. The highest BCUT2D eigenvalue weighted by Crippen LogP contribution is 2.17. The predicted octanol–water partition coefficient (Wildman–Crippen LogP) is 1.23. The molecule has 6 heteroatoms. The van der Waals surface area contributed by atoms with Crippen LogP contribution in [-0.4, -0.2) is 15.0 Å². The lowest BCUT2D eigenvalue weighted by molar-refractivity contribution is 0.586. The summed E-state index contributed by atoms with van der Waals surface area (Å²) < 4.78 is 27.9. The molecular weight excluding hydrogens is 226 g/mol. The Hall–Kier alpha value is -1.27. The van der Waals surface area contributed by atoms with E-state index in [1.54, 1.807) is 18.2 Å². The molecule has 1 aromatic rings. The van der Waals surface area contributed by atoms with E-state index in [0.717, 1.165) is 12.0 Å². The molecule has 5 nitrogen and oxygen atoms in total. The summed E-state index contributed by atoms with van der Waals surface area (Å²) in [4.78, 5) is 0. The highest BCUT2D eigenvalue weighted by atomic mass is 32.2. The number of benzene rings is 1. The van der Waals surface area contributed by atoms with Crippen molar-refractivity contribution in [2.45, 2.75) is 20.3 Å². The van der Waals surface area contributed by atoms with E-state index < -0.39 is 10.2 Å². The third-order valence-corrected chi connectivity index (χ3v) is 3.15. The van der Waals surface area contributed by atoms with Crippen LogP contribution in [0.25, 0.3) is 0 Å². The van der Waals surface area contributed by atoms with Crippen LogP contribution in [0.4, 0.5) is 11.4 Å². The Morgan fingerprint density at radius 2 is 2.06 bits per heavy atom. The molecule has 0 bridgehead atoms. The van der Waals surface area contributed by atoms with Crippen molar-refractivity contribution in [3.8, 4) is 0 Å². The molecule has 90 valence electrons. The molecule has 0 saturated heterocycles. The largest absolute Gasteiger partial charge is 0.399 e. The Kier molecular flexibility index (Phi) is 4.14. The fourth-order valence-electron chi connectivity index (χ4n) is 1.17. The average molecular weight is 243 g/mol. The van der Waals surface area contributed by atoms with Crippen molar-refractivity contribution in [1.29, 1.82) is 0 Å². The molecule has 1 rings (SSSR count). The molecule has 0 amide bonds. The van der Waals surface area contributed by atoms with Crippen molar-refractivity contribution in [3.05, 3.63) is 23.8 Å². The van der Waals surface area contributed by atoms with Gasteiger partial charge in [0.1, 0.15) is 0 Å². The van der Waals surface area contributed by atoms with E-state index in [4.69, 9.17) is 5.73 Å². The van der Waals surface area contributed by atoms with Gasteiger partial charge in [0.2, 0.25) is 0 Å². The van der Waals surface area contributed by atoms with Gasteiger partial charge >= 0.3 is 0 Å². The second-order valence-electron chi connectivity index (χ2n) is 3.57. The topological polar surface area (TPSA) is 84.2 Å². The van der Waals surface area contributed by atoms with Crippen LogP contribution in [0.2, 0.25) is 0 Å². The van der Waals surface area contributed by atoms with Crippen LogP contribution in [0.3, 0.4) is 0 Å². The van der Waals surface area contributed by atoms with Gasteiger partial charge in [-0.15, -0.1) is 0 Å². The smallest absolute Gasteiger partial charge is 0.299 e. The second-order valence-corrected chi connectivity index (χ2v) is 5.07. The molecule has 0 aliphatic carbocycles. The fraction of sp³-hybridized carbons (Fsp3) is 0.400. The van der Waals surface area contributed by atoms with Crippen LogP contribution in [0.15, 0.2) is 18.2 Å². The molecule has 0 unspecified atom stereocenters. The molecule has 0 spiro atoms. The molecule has 0 radical (unpaired) electrons.